The highest BCUT2D eigenvalue weighted by Gasteiger charge is 2.16. The normalized spacial score (nSPS) is 12.2. The first-order valence-corrected chi connectivity index (χ1v) is 4.40. The molecule has 1 aromatic carbocycles. The number of para-hydroxylation sites is 1. The van der Waals surface area contributed by atoms with Crippen LogP contribution in [-0.2, 0) is 11.4 Å². The number of ether oxygens (including phenoxy) is 1. The maximum atomic E-state index is 13.3. The van der Waals surface area contributed by atoms with Crippen molar-refractivity contribution in [2.45, 2.75) is 19.6 Å². The largest absolute Gasteiger partial charge is 0.477 e. The number of halogens is 1. The van der Waals surface area contributed by atoms with Crippen LogP contribution in [0.4, 0.5) is 4.39 Å². The van der Waals surface area contributed by atoms with E-state index < -0.39 is 17.8 Å². The number of hydrogen-bond acceptors (Lipinski definition) is 3. The second kappa shape index (κ2) is 4.75. The van der Waals surface area contributed by atoms with Gasteiger partial charge in [-0.2, -0.15) is 0 Å². The maximum absolute atomic E-state index is 13.3. The zero-order valence-corrected chi connectivity index (χ0v) is 8.24. The Morgan fingerprint density at radius 2 is 2.33 bits per heavy atom. The van der Waals surface area contributed by atoms with E-state index in [1.165, 1.54) is 25.1 Å². The number of rotatable bonds is 4. The van der Waals surface area contributed by atoms with Crippen molar-refractivity contribution in [1.82, 2.24) is 0 Å². The zero-order chi connectivity index (χ0) is 11.4. The molecule has 5 heteroatoms. The molecule has 1 amide bonds. The number of hydrogen-bond donors (Lipinski definition) is 2. The fraction of sp³-hybridized carbons (Fsp3) is 0.300. The van der Waals surface area contributed by atoms with Crippen LogP contribution in [0.3, 0.4) is 0 Å². The van der Waals surface area contributed by atoms with Crippen LogP contribution in [-0.4, -0.2) is 17.1 Å². The molecule has 0 aliphatic rings. The highest BCUT2D eigenvalue weighted by Crippen LogP contribution is 2.23. The van der Waals surface area contributed by atoms with E-state index in [0.29, 0.717) is 0 Å². The van der Waals surface area contributed by atoms with Gasteiger partial charge in [0.2, 0.25) is 0 Å². The molecule has 4 nitrogen and oxygen atoms in total. The van der Waals surface area contributed by atoms with Crippen molar-refractivity contribution in [1.29, 1.82) is 0 Å². The summed E-state index contributed by atoms with van der Waals surface area (Å²) in [5.74, 6) is -1.46. The summed E-state index contributed by atoms with van der Waals surface area (Å²) in [6.07, 6.45) is -0.938. The summed E-state index contributed by atoms with van der Waals surface area (Å²) >= 11 is 0. The van der Waals surface area contributed by atoms with Crippen LogP contribution >= 0.6 is 0 Å². The molecule has 82 valence electrons. The molecule has 0 aliphatic carbocycles. The molecule has 0 spiro atoms. The molecule has 0 fully saturated rings. The number of benzene rings is 1. The predicted molar refractivity (Wildman–Crippen MR) is 51.6 cm³/mol. The number of carbonyl (C=O) groups is 1. The third-order valence-electron chi connectivity index (χ3n) is 1.91. The lowest BCUT2D eigenvalue weighted by Crippen LogP contribution is -2.31. The molecule has 15 heavy (non-hydrogen) atoms. The number of amides is 1. The van der Waals surface area contributed by atoms with Crippen LogP contribution < -0.4 is 10.5 Å². The topological polar surface area (TPSA) is 72.6 Å². The quantitative estimate of drug-likeness (QED) is 0.768. The van der Waals surface area contributed by atoms with Gasteiger partial charge in [0.1, 0.15) is 0 Å². The first-order chi connectivity index (χ1) is 7.06. The fourth-order valence-corrected chi connectivity index (χ4v) is 1.04. The molecule has 0 aromatic heterocycles. The van der Waals surface area contributed by atoms with Gasteiger partial charge in [-0.3, -0.25) is 4.79 Å². The van der Waals surface area contributed by atoms with E-state index in [9.17, 15) is 9.18 Å². The van der Waals surface area contributed by atoms with Crippen molar-refractivity contribution in [3.05, 3.63) is 29.6 Å². The highest BCUT2D eigenvalue weighted by molar-refractivity contribution is 5.78. The minimum absolute atomic E-state index is 0.133. The number of carbonyl (C=O) groups excluding carboxylic acids is 1. The van der Waals surface area contributed by atoms with Crippen LogP contribution in [0.15, 0.2) is 18.2 Å². The fourth-order valence-electron chi connectivity index (χ4n) is 1.04. The summed E-state index contributed by atoms with van der Waals surface area (Å²) in [6.45, 7) is 1.05. The molecule has 0 bridgehead atoms. The van der Waals surface area contributed by atoms with E-state index in [0.717, 1.165) is 0 Å². The van der Waals surface area contributed by atoms with Crippen molar-refractivity contribution in [3.63, 3.8) is 0 Å². The van der Waals surface area contributed by atoms with Crippen molar-refractivity contribution >= 4 is 5.91 Å². The Morgan fingerprint density at radius 3 is 2.87 bits per heavy atom. The van der Waals surface area contributed by atoms with E-state index in [1.54, 1.807) is 0 Å². The van der Waals surface area contributed by atoms with Crippen LogP contribution in [0.1, 0.15) is 12.5 Å². The monoisotopic (exact) mass is 213 g/mol. The van der Waals surface area contributed by atoms with Crippen LogP contribution in [0.2, 0.25) is 0 Å². The Kier molecular flexibility index (Phi) is 3.62. The minimum atomic E-state index is -0.938. The Labute approximate surface area is 86.5 Å². The van der Waals surface area contributed by atoms with Crippen molar-refractivity contribution in [3.8, 4) is 5.75 Å². The summed E-state index contributed by atoms with van der Waals surface area (Å²) in [5.41, 5.74) is 5.26. The summed E-state index contributed by atoms with van der Waals surface area (Å²) < 4.78 is 18.3. The molecule has 0 radical (unpaired) electrons. The maximum Gasteiger partial charge on any atom is 0.258 e. The van der Waals surface area contributed by atoms with Crippen molar-refractivity contribution in [2.75, 3.05) is 0 Å². The molecular formula is C10H12FNO3. The van der Waals surface area contributed by atoms with Gasteiger partial charge in [-0.05, 0) is 13.0 Å². The first-order valence-electron chi connectivity index (χ1n) is 4.40. The van der Waals surface area contributed by atoms with Gasteiger partial charge in [0.25, 0.3) is 5.91 Å². The lowest BCUT2D eigenvalue weighted by Gasteiger charge is -2.14. The van der Waals surface area contributed by atoms with E-state index in [2.05, 4.69) is 0 Å². The Bertz CT molecular complexity index is 368. The summed E-state index contributed by atoms with van der Waals surface area (Å²) in [7, 11) is 0. The summed E-state index contributed by atoms with van der Waals surface area (Å²) in [4.78, 5) is 10.7. The number of nitrogens with two attached hydrogens (primary N) is 1. The third kappa shape index (κ3) is 2.66. The molecule has 3 N–H and O–H groups in total. The second-order valence-electron chi connectivity index (χ2n) is 3.05. The van der Waals surface area contributed by atoms with Crippen molar-refractivity contribution < 1.29 is 19.0 Å². The van der Waals surface area contributed by atoms with Crippen LogP contribution in [0.5, 0.6) is 5.75 Å². The summed E-state index contributed by atoms with van der Waals surface area (Å²) in [5, 5.41) is 8.93. The van der Waals surface area contributed by atoms with Gasteiger partial charge < -0.3 is 15.6 Å². The van der Waals surface area contributed by atoms with E-state index in [4.69, 9.17) is 15.6 Å². The predicted octanol–water partition coefficient (Wildman–Crippen LogP) is 0.571. The van der Waals surface area contributed by atoms with Crippen LogP contribution in [0, 0.1) is 5.82 Å². The van der Waals surface area contributed by atoms with Gasteiger partial charge in [0.15, 0.2) is 17.7 Å². The molecule has 1 atom stereocenters. The van der Waals surface area contributed by atoms with E-state index in [1.807, 2.05) is 0 Å². The Hall–Kier alpha value is -1.62. The van der Waals surface area contributed by atoms with Gasteiger partial charge in [0.05, 0.1) is 6.61 Å². The number of aliphatic hydroxyl groups excluding tert-OH is 1. The average molecular weight is 213 g/mol. The summed E-state index contributed by atoms with van der Waals surface area (Å²) in [6, 6.07) is 4.14. The molecular weight excluding hydrogens is 201 g/mol. The minimum Gasteiger partial charge on any atom is -0.477 e. The van der Waals surface area contributed by atoms with Gasteiger partial charge >= 0.3 is 0 Å². The molecule has 1 aromatic rings. The molecule has 1 rings (SSSR count). The Balaban J connectivity index is 2.97. The smallest absolute Gasteiger partial charge is 0.258 e. The zero-order valence-electron chi connectivity index (χ0n) is 8.24. The molecule has 0 saturated carbocycles. The second-order valence-corrected chi connectivity index (χ2v) is 3.05. The third-order valence-corrected chi connectivity index (χ3v) is 1.91. The molecule has 0 aliphatic heterocycles. The number of aliphatic hydroxyl groups is 1. The SMILES string of the molecule is CC(Oc1c(F)cccc1CO)C(N)=O. The van der Waals surface area contributed by atoms with Crippen LogP contribution in [0.25, 0.3) is 0 Å². The first kappa shape index (κ1) is 11.5. The average Bonchev–Trinajstić information content (AvgIpc) is 2.20. The van der Waals surface area contributed by atoms with Gasteiger partial charge in [-0.25, -0.2) is 4.39 Å². The highest BCUT2D eigenvalue weighted by atomic mass is 19.1. The molecule has 0 heterocycles. The Morgan fingerprint density at radius 1 is 1.67 bits per heavy atom. The molecule has 0 saturated heterocycles. The van der Waals surface area contributed by atoms with Crippen molar-refractivity contribution in [2.24, 2.45) is 5.73 Å². The van der Waals surface area contributed by atoms with Gasteiger partial charge in [-0.1, -0.05) is 12.1 Å². The van der Waals surface area contributed by atoms with E-state index in [-0.39, 0.29) is 17.9 Å². The van der Waals surface area contributed by atoms with Gasteiger partial charge in [-0.15, -0.1) is 0 Å². The lowest BCUT2D eigenvalue weighted by atomic mass is 10.2. The van der Waals surface area contributed by atoms with Gasteiger partial charge in [0, 0.05) is 5.56 Å². The van der Waals surface area contributed by atoms with E-state index >= 15 is 0 Å². The lowest BCUT2D eigenvalue weighted by molar-refractivity contribution is -0.124. The number of primary amides is 1. The standard InChI is InChI=1S/C10H12FNO3/c1-6(10(12)14)15-9-7(5-13)3-2-4-8(9)11/h2-4,6,13H,5H2,1H3,(H2,12,14). The molecule has 1 unspecified atom stereocenters.